The predicted molar refractivity (Wildman–Crippen MR) is 97.0 cm³/mol. The molecule has 25 heavy (non-hydrogen) atoms. The van der Waals surface area contributed by atoms with Crippen molar-refractivity contribution in [3.8, 4) is 0 Å². The fourth-order valence-electron chi connectivity index (χ4n) is 2.19. The number of amides is 1. The summed E-state index contributed by atoms with van der Waals surface area (Å²) in [5, 5.41) is 9.24. The van der Waals surface area contributed by atoms with Gasteiger partial charge in [-0.1, -0.05) is 6.07 Å². The van der Waals surface area contributed by atoms with E-state index in [0.717, 1.165) is 5.56 Å². The Kier molecular flexibility index (Phi) is 5.57. The summed E-state index contributed by atoms with van der Waals surface area (Å²) >= 11 is 3.23. The van der Waals surface area contributed by atoms with Gasteiger partial charge in [-0.15, -0.1) is 0 Å². The van der Waals surface area contributed by atoms with Gasteiger partial charge in [0.15, 0.2) is 4.67 Å². The van der Waals surface area contributed by atoms with E-state index >= 15 is 0 Å². The number of carboxylic acid groups (broad SMARTS) is 1. The first-order valence-electron chi connectivity index (χ1n) is 7.65. The van der Waals surface area contributed by atoms with Gasteiger partial charge in [-0.05, 0) is 73.5 Å². The third-order valence-electron chi connectivity index (χ3n) is 3.30. The maximum Gasteiger partial charge on any atom is 0.415 e. The quantitative estimate of drug-likeness (QED) is 0.768. The van der Waals surface area contributed by atoms with Crippen LogP contribution in [0.3, 0.4) is 0 Å². The van der Waals surface area contributed by atoms with E-state index in [1.807, 2.05) is 0 Å². The van der Waals surface area contributed by atoms with Gasteiger partial charge in [0, 0.05) is 0 Å². The van der Waals surface area contributed by atoms with E-state index < -0.39 is 17.7 Å². The predicted octanol–water partition coefficient (Wildman–Crippen LogP) is 4.99. The van der Waals surface area contributed by atoms with E-state index in [4.69, 9.17) is 9.15 Å². The molecule has 0 aliphatic heterocycles. The highest BCUT2D eigenvalue weighted by Crippen LogP contribution is 2.27. The molecule has 0 fully saturated rings. The number of hydrogen-bond donors (Lipinski definition) is 1. The summed E-state index contributed by atoms with van der Waals surface area (Å²) in [7, 11) is 0. The maximum atomic E-state index is 12.7. The van der Waals surface area contributed by atoms with E-state index in [1.54, 1.807) is 45.9 Å². The van der Waals surface area contributed by atoms with Crippen molar-refractivity contribution in [2.45, 2.75) is 39.8 Å². The zero-order valence-corrected chi connectivity index (χ0v) is 16.1. The number of ether oxygens (including phenoxy) is 1. The van der Waals surface area contributed by atoms with Gasteiger partial charge in [0.25, 0.3) is 0 Å². The lowest BCUT2D eigenvalue weighted by Gasteiger charge is -2.28. The van der Waals surface area contributed by atoms with E-state index in [1.165, 1.54) is 17.0 Å². The molecule has 1 aromatic heterocycles. The first-order chi connectivity index (χ1) is 11.6. The number of rotatable bonds is 4. The highest BCUT2D eigenvalue weighted by atomic mass is 79.9. The van der Waals surface area contributed by atoms with Crippen LogP contribution in [0.15, 0.2) is 39.4 Å². The molecule has 1 N–H and O–H groups in total. The molecule has 0 atom stereocenters. The van der Waals surface area contributed by atoms with Crippen molar-refractivity contribution in [2.24, 2.45) is 0 Å². The van der Waals surface area contributed by atoms with Gasteiger partial charge in [-0.2, -0.15) is 0 Å². The van der Waals surface area contributed by atoms with E-state index in [-0.39, 0.29) is 12.1 Å². The Bertz CT molecular complexity index is 791. The minimum absolute atomic E-state index is 0.0924. The van der Waals surface area contributed by atoms with Gasteiger partial charge >= 0.3 is 12.1 Å². The monoisotopic (exact) mass is 409 g/mol. The number of furan rings is 1. The van der Waals surface area contributed by atoms with Gasteiger partial charge in [0.05, 0.1) is 17.8 Å². The second kappa shape index (κ2) is 7.31. The van der Waals surface area contributed by atoms with Crippen molar-refractivity contribution >= 4 is 33.7 Å². The van der Waals surface area contributed by atoms with E-state index in [0.29, 0.717) is 16.1 Å². The van der Waals surface area contributed by atoms with Crippen LogP contribution in [0, 0.1) is 6.92 Å². The smallest absolute Gasteiger partial charge is 0.415 e. The number of halogens is 1. The Morgan fingerprint density at radius 2 is 1.92 bits per heavy atom. The molecule has 2 rings (SSSR count). The van der Waals surface area contributed by atoms with Crippen LogP contribution in [0.4, 0.5) is 10.5 Å². The van der Waals surface area contributed by atoms with Gasteiger partial charge < -0.3 is 14.3 Å². The number of aromatic carboxylic acids is 1. The number of carbonyl (C=O) groups excluding carboxylic acids is 1. The molecule has 0 aliphatic rings. The molecule has 2 aromatic rings. The second-order valence-corrected chi connectivity index (χ2v) is 7.36. The van der Waals surface area contributed by atoms with Gasteiger partial charge in [0.2, 0.25) is 0 Å². The van der Waals surface area contributed by atoms with Crippen LogP contribution in [0.2, 0.25) is 0 Å². The molecule has 0 saturated heterocycles. The molecule has 6 nitrogen and oxygen atoms in total. The number of hydrogen-bond acceptors (Lipinski definition) is 4. The molecule has 0 spiro atoms. The number of aryl methyl sites for hydroxylation is 1. The largest absolute Gasteiger partial charge is 0.478 e. The van der Waals surface area contributed by atoms with Gasteiger partial charge in [0.1, 0.15) is 11.4 Å². The lowest BCUT2D eigenvalue weighted by molar-refractivity contribution is 0.0573. The number of nitrogens with zero attached hydrogens (tertiary/aromatic N) is 1. The molecule has 7 heteroatoms. The third-order valence-corrected chi connectivity index (χ3v) is 3.73. The van der Waals surface area contributed by atoms with Crippen molar-refractivity contribution in [1.82, 2.24) is 0 Å². The minimum Gasteiger partial charge on any atom is -0.478 e. The summed E-state index contributed by atoms with van der Waals surface area (Å²) in [6.45, 7) is 7.23. The molecular weight excluding hydrogens is 390 g/mol. The van der Waals surface area contributed by atoms with E-state index in [9.17, 15) is 14.7 Å². The summed E-state index contributed by atoms with van der Waals surface area (Å²) in [5.41, 5.74) is 0.621. The highest BCUT2D eigenvalue weighted by Gasteiger charge is 2.26. The van der Waals surface area contributed by atoms with Crippen LogP contribution in [0.1, 0.15) is 42.5 Å². The number of benzene rings is 1. The number of carboxylic acids is 1. The highest BCUT2D eigenvalue weighted by molar-refractivity contribution is 9.10. The van der Waals surface area contributed by atoms with E-state index in [2.05, 4.69) is 15.9 Å². The average Bonchev–Trinajstić information content (AvgIpc) is 2.89. The molecule has 1 aromatic carbocycles. The normalized spacial score (nSPS) is 11.2. The van der Waals surface area contributed by atoms with Crippen LogP contribution < -0.4 is 4.90 Å². The topological polar surface area (TPSA) is 80.0 Å². The third kappa shape index (κ3) is 5.09. The van der Waals surface area contributed by atoms with Crippen molar-refractivity contribution in [1.29, 1.82) is 0 Å². The minimum atomic E-state index is -1.06. The molecule has 0 saturated carbocycles. The Morgan fingerprint density at radius 3 is 2.44 bits per heavy atom. The molecular formula is C18H20BrNO5. The summed E-state index contributed by atoms with van der Waals surface area (Å²) in [6, 6.07) is 8.08. The van der Waals surface area contributed by atoms with Crippen molar-refractivity contribution < 1.29 is 23.8 Å². The Labute approximate surface area is 154 Å². The van der Waals surface area contributed by atoms with Crippen molar-refractivity contribution in [2.75, 3.05) is 4.90 Å². The van der Waals surface area contributed by atoms with Crippen LogP contribution in [0.5, 0.6) is 0 Å². The molecule has 1 heterocycles. The Morgan fingerprint density at radius 1 is 1.24 bits per heavy atom. The maximum absolute atomic E-state index is 12.7. The molecule has 134 valence electrons. The lowest BCUT2D eigenvalue weighted by atomic mass is 10.1. The summed E-state index contributed by atoms with van der Waals surface area (Å²) < 4.78 is 11.5. The standard InChI is InChI=1S/C18H20BrNO5/c1-11-5-6-12(16(21)22)9-14(11)20(17(23)25-18(2,3)4)10-13-7-8-15(19)24-13/h5-9H,10H2,1-4H3,(H,21,22). The second-order valence-electron chi connectivity index (χ2n) is 6.58. The number of carbonyl (C=O) groups is 2. The SMILES string of the molecule is Cc1ccc(C(=O)O)cc1N(Cc1ccc(Br)o1)C(=O)OC(C)(C)C. The molecule has 0 bridgehead atoms. The molecule has 1 amide bonds. The van der Waals surface area contributed by atoms with Crippen LogP contribution in [-0.4, -0.2) is 22.8 Å². The molecule has 0 radical (unpaired) electrons. The van der Waals surface area contributed by atoms with Crippen molar-refractivity contribution in [3.05, 3.63) is 51.9 Å². The van der Waals surface area contributed by atoms with Crippen LogP contribution in [-0.2, 0) is 11.3 Å². The summed E-state index contributed by atoms with van der Waals surface area (Å²) in [5.74, 6) is -0.524. The first kappa shape index (κ1) is 19.1. The average molecular weight is 410 g/mol. The van der Waals surface area contributed by atoms with Crippen molar-refractivity contribution in [3.63, 3.8) is 0 Å². The number of anilines is 1. The molecule has 0 aliphatic carbocycles. The van der Waals surface area contributed by atoms with Gasteiger partial charge in [-0.3, -0.25) is 4.90 Å². The Balaban J connectivity index is 2.45. The lowest BCUT2D eigenvalue weighted by Crippen LogP contribution is -2.37. The first-order valence-corrected chi connectivity index (χ1v) is 8.45. The zero-order chi connectivity index (χ0) is 18.8. The summed E-state index contributed by atoms with van der Waals surface area (Å²) in [6.07, 6.45) is -0.578. The van der Waals surface area contributed by atoms with Gasteiger partial charge in [-0.25, -0.2) is 9.59 Å². The zero-order valence-electron chi connectivity index (χ0n) is 14.5. The fraction of sp³-hybridized carbons (Fsp3) is 0.333. The molecule has 0 unspecified atom stereocenters. The van der Waals surface area contributed by atoms with Crippen LogP contribution in [0.25, 0.3) is 0 Å². The Hall–Kier alpha value is -2.28. The van der Waals surface area contributed by atoms with Crippen LogP contribution >= 0.6 is 15.9 Å². The summed E-state index contributed by atoms with van der Waals surface area (Å²) in [4.78, 5) is 25.4. The fourth-order valence-corrected chi connectivity index (χ4v) is 2.53.